The zero-order valence-electron chi connectivity index (χ0n) is 9.81. The minimum atomic E-state index is -0.394. The van der Waals surface area contributed by atoms with E-state index in [1.807, 2.05) is 13.0 Å². The van der Waals surface area contributed by atoms with Crippen molar-refractivity contribution in [3.05, 3.63) is 28.3 Å². The van der Waals surface area contributed by atoms with Gasteiger partial charge in [0.1, 0.15) is 5.75 Å². The third-order valence-corrected chi connectivity index (χ3v) is 2.89. The predicted molar refractivity (Wildman–Crippen MR) is 65.5 cm³/mol. The Morgan fingerprint density at radius 2 is 2.24 bits per heavy atom. The normalized spacial score (nSPS) is 15.1. The Kier molecular flexibility index (Phi) is 3.46. The van der Waals surface area contributed by atoms with Crippen LogP contribution in [0.5, 0.6) is 5.75 Å². The predicted octanol–water partition coefficient (Wildman–Crippen LogP) is 2.96. The SMILES string of the molecule is CCOc1cc(NC2CCC2)cc([N+](=O)[O-])c1. The molecule has 0 radical (unpaired) electrons. The molecule has 5 heteroatoms. The molecule has 1 fully saturated rings. The van der Waals surface area contributed by atoms with Gasteiger partial charge in [-0.1, -0.05) is 0 Å². The van der Waals surface area contributed by atoms with E-state index in [-0.39, 0.29) is 5.69 Å². The maximum Gasteiger partial charge on any atom is 0.275 e. The molecule has 1 N–H and O–H groups in total. The molecule has 1 aromatic rings. The summed E-state index contributed by atoms with van der Waals surface area (Å²) in [6.07, 6.45) is 3.49. The number of nitro benzene ring substituents is 1. The molecule has 0 saturated heterocycles. The highest BCUT2D eigenvalue weighted by Crippen LogP contribution is 2.29. The molecule has 92 valence electrons. The van der Waals surface area contributed by atoms with E-state index in [1.165, 1.54) is 12.5 Å². The van der Waals surface area contributed by atoms with Gasteiger partial charge >= 0.3 is 0 Å². The standard InChI is InChI=1S/C12H16N2O3/c1-2-17-12-7-10(13-9-4-3-5-9)6-11(8-12)14(15)16/h6-9,13H,2-5H2,1H3. The van der Waals surface area contributed by atoms with E-state index in [1.54, 1.807) is 6.07 Å². The summed E-state index contributed by atoms with van der Waals surface area (Å²) < 4.78 is 5.33. The molecule has 0 aromatic heterocycles. The summed E-state index contributed by atoms with van der Waals surface area (Å²) in [7, 11) is 0. The van der Waals surface area contributed by atoms with E-state index in [0.29, 0.717) is 18.4 Å². The van der Waals surface area contributed by atoms with E-state index in [0.717, 1.165) is 18.5 Å². The van der Waals surface area contributed by atoms with Crippen molar-refractivity contribution in [3.63, 3.8) is 0 Å². The minimum absolute atomic E-state index is 0.0674. The van der Waals surface area contributed by atoms with Gasteiger partial charge < -0.3 is 10.1 Å². The van der Waals surface area contributed by atoms with Gasteiger partial charge in [0.15, 0.2) is 0 Å². The van der Waals surface area contributed by atoms with Gasteiger partial charge in [-0.25, -0.2) is 0 Å². The van der Waals surface area contributed by atoms with Crippen LogP contribution in [0.15, 0.2) is 18.2 Å². The Hall–Kier alpha value is -1.78. The number of rotatable bonds is 5. The molecule has 1 aliphatic rings. The molecule has 0 spiro atoms. The van der Waals surface area contributed by atoms with Gasteiger partial charge in [-0.05, 0) is 26.2 Å². The Morgan fingerprint density at radius 1 is 1.47 bits per heavy atom. The van der Waals surface area contributed by atoms with Crippen LogP contribution in [0.2, 0.25) is 0 Å². The summed E-state index contributed by atoms with van der Waals surface area (Å²) in [5, 5.41) is 14.1. The van der Waals surface area contributed by atoms with Crippen LogP contribution < -0.4 is 10.1 Å². The third kappa shape index (κ3) is 2.87. The number of nitrogens with one attached hydrogen (secondary N) is 1. The summed E-state index contributed by atoms with van der Waals surface area (Å²) in [4.78, 5) is 10.4. The lowest BCUT2D eigenvalue weighted by atomic mass is 9.93. The number of ether oxygens (including phenoxy) is 1. The first-order valence-electron chi connectivity index (χ1n) is 5.88. The summed E-state index contributed by atoms with van der Waals surface area (Å²) in [5.41, 5.74) is 0.838. The Bertz CT molecular complexity index is 416. The fraction of sp³-hybridized carbons (Fsp3) is 0.500. The molecular weight excluding hydrogens is 220 g/mol. The van der Waals surface area contributed by atoms with Crippen molar-refractivity contribution in [3.8, 4) is 5.75 Å². The molecule has 2 rings (SSSR count). The number of hydrogen-bond donors (Lipinski definition) is 1. The van der Waals surface area contributed by atoms with Crippen molar-refractivity contribution < 1.29 is 9.66 Å². The van der Waals surface area contributed by atoms with E-state index in [4.69, 9.17) is 4.74 Å². The van der Waals surface area contributed by atoms with Crippen molar-refractivity contribution >= 4 is 11.4 Å². The lowest BCUT2D eigenvalue weighted by Gasteiger charge is -2.27. The van der Waals surface area contributed by atoms with Crippen molar-refractivity contribution in [1.82, 2.24) is 0 Å². The zero-order valence-corrected chi connectivity index (χ0v) is 9.81. The molecule has 17 heavy (non-hydrogen) atoms. The average Bonchev–Trinajstić information content (AvgIpc) is 2.24. The van der Waals surface area contributed by atoms with Crippen LogP contribution in [0.4, 0.5) is 11.4 Å². The number of nitro groups is 1. The molecule has 0 aliphatic heterocycles. The Labute approximate surface area is 99.9 Å². The number of non-ortho nitro benzene ring substituents is 1. The summed E-state index contributed by atoms with van der Waals surface area (Å²) in [6.45, 7) is 2.36. The van der Waals surface area contributed by atoms with Gasteiger partial charge in [0.25, 0.3) is 5.69 Å². The first-order chi connectivity index (χ1) is 8.19. The second-order valence-electron chi connectivity index (χ2n) is 4.18. The first-order valence-corrected chi connectivity index (χ1v) is 5.88. The maximum atomic E-state index is 10.8. The first kappa shape index (κ1) is 11.7. The van der Waals surface area contributed by atoms with Gasteiger partial charge in [-0.15, -0.1) is 0 Å². The quantitative estimate of drug-likeness (QED) is 0.630. The molecule has 1 aliphatic carbocycles. The van der Waals surface area contributed by atoms with Crippen molar-refractivity contribution in [1.29, 1.82) is 0 Å². The zero-order chi connectivity index (χ0) is 12.3. The van der Waals surface area contributed by atoms with Crippen LogP contribution in [0.25, 0.3) is 0 Å². The van der Waals surface area contributed by atoms with Crippen molar-refractivity contribution in [2.75, 3.05) is 11.9 Å². The Morgan fingerprint density at radius 3 is 2.76 bits per heavy atom. The highest BCUT2D eigenvalue weighted by molar-refractivity contribution is 5.57. The topological polar surface area (TPSA) is 64.4 Å². The summed E-state index contributed by atoms with van der Waals surface area (Å²) in [6, 6.07) is 5.27. The second-order valence-corrected chi connectivity index (χ2v) is 4.18. The highest BCUT2D eigenvalue weighted by atomic mass is 16.6. The highest BCUT2D eigenvalue weighted by Gasteiger charge is 2.18. The lowest BCUT2D eigenvalue weighted by Crippen LogP contribution is -2.26. The van der Waals surface area contributed by atoms with Gasteiger partial charge in [0, 0.05) is 23.9 Å². The maximum absolute atomic E-state index is 10.8. The number of benzene rings is 1. The number of nitrogens with zero attached hydrogens (tertiary/aromatic N) is 1. The van der Waals surface area contributed by atoms with Crippen molar-refractivity contribution in [2.24, 2.45) is 0 Å². The van der Waals surface area contributed by atoms with Crippen molar-refractivity contribution in [2.45, 2.75) is 32.2 Å². The monoisotopic (exact) mass is 236 g/mol. The van der Waals surface area contributed by atoms with Gasteiger partial charge in [-0.3, -0.25) is 10.1 Å². The lowest BCUT2D eigenvalue weighted by molar-refractivity contribution is -0.384. The molecule has 0 unspecified atom stereocenters. The van der Waals surface area contributed by atoms with E-state index in [2.05, 4.69) is 5.32 Å². The van der Waals surface area contributed by atoms with Crippen LogP contribution in [0.3, 0.4) is 0 Å². The largest absolute Gasteiger partial charge is 0.494 e. The second kappa shape index (κ2) is 5.03. The number of anilines is 1. The molecule has 5 nitrogen and oxygen atoms in total. The van der Waals surface area contributed by atoms with Gasteiger partial charge in [-0.2, -0.15) is 0 Å². The van der Waals surface area contributed by atoms with E-state index >= 15 is 0 Å². The Balaban J connectivity index is 2.19. The third-order valence-electron chi connectivity index (χ3n) is 2.89. The van der Waals surface area contributed by atoms with Crippen LogP contribution in [-0.4, -0.2) is 17.6 Å². The molecule has 0 bridgehead atoms. The van der Waals surface area contributed by atoms with Crippen LogP contribution in [0.1, 0.15) is 26.2 Å². The minimum Gasteiger partial charge on any atom is -0.494 e. The van der Waals surface area contributed by atoms with E-state index < -0.39 is 4.92 Å². The van der Waals surface area contributed by atoms with Crippen LogP contribution in [0, 0.1) is 10.1 Å². The van der Waals surface area contributed by atoms with Gasteiger partial charge in [0.2, 0.25) is 0 Å². The molecule has 0 heterocycles. The fourth-order valence-corrected chi connectivity index (χ4v) is 1.81. The molecule has 0 atom stereocenters. The average molecular weight is 236 g/mol. The smallest absolute Gasteiger partial charge is 0.275 e. The molecule has 1 aromatic carbocycles. The molecule has 0 amide bonds. The summed E-state index contributed by atoms with van der Waals surface area (Å²) >= 11 is 0. The fourth-order valence-electron chi connectivity index (χ4n) is 1.81. The molecular formula is C12H16N2O3. The van der Waals surface area contributed by atoms with Crippen LogP contribution in [-0.2, 0) is 0 Å². The van der Waals surface area contributed by atoms with Gasteiger partial charge in [0.05, 0.1) is 17.6 Å². The van der Waals surface area contributed by atoms with Crippen LogP contribution >= 0.6 is 0 Å². The molecule has 1 saturated carbocycles. The van der Waals surface area contributed by atoms with E-state index in [9.17, 15) is 10.1 Å². The number of hydrogen-bond acceptors (Lipinski definition) is 4. The summed E-state index contributed by atoms with van der Waals surface area (Å²) in [5.74, 6) is 0.545.